The molecule has 0 saturated carbocycles. The van der Waals surface area contributed by atoms with Gasteiger partial charge in [-0.15, -0.1) is 0 Å². The summed E-state index contributed by atoms with van der Waals surface area (Å²) in [5, 5.41) is 13.8. The molecule has 3 aromatic rings. The van der Waals surface area contributed by atoms with E-state index in [1.807, 2.05) is 24.3 Å². The lowest BCUT2D eigenvalue weighted by molar-refractivity contribution is 0.0697. The van der Waals surface area contributed by atoms with Crippen molar-refractivity contribution >= 4 is 46.5 Å². The molecule has 28 heavy (non-hydrogen) atoms. The van der Waals surface area contributed by atoms with E-state index in [2.05, 4.69) is 5.32 Å². The molecule has 144 valence electrons. The molecule has 3 rings (SSSR count). The topological polar surface area (TPSA) is 58.6 Å². The fraction of sp³-hybridized carbons (Fsp3) is 0.0952. The molecule has 0 amide bonds. The number of carbonyl (C=O) groups is 1. The highest BCUT2D eigenvalue weighted by atomic mass is 35.5. The van der Waals surface area contributed by atoms with Crippen LogP contribution < -0.4 is 10.1 Å². The number of carboxylic acid groups (broad SMARTS) is 1. The molecule has 0 saturated heterocycles. The van der Waals surface area contributed by atoms with Crippen LogP contribution in [-0.4, -0.2) is 11.1 Å². The lowest BCUT2D eigenvalue weighted by atomic mass is 10.1. The Balaban J connectivity index is 1.74. The van der Waals surface area contributed by atoms with E-state index in [4.69, 9.17) is 44.6 Å². The van der Waals surface area contributed by atoms with Crippen LogP contribution in [0.5, 0.6) is 5.75 Å². The summed E-state index contributed by atoms with van der Waals surface area (Å²) in [6, 6.07) is 17.3. The van der Waals surface area contributed by atoms with Crippen molar-refractivity contribution in [2.45, 2.75) is 13.2 Å². The summed E-state index contributed by atoms with van der Waals surface area (Å²) >= 11 is 18.6. The average Bonchev–Trinajstić information content (AvgIpc) is 2.67. The van der Waals surface area contributed by atoms with Crippen LogP contribution in [0.15, 0.2) is 60.7 Å². The van der Waals surface area contributed by atoms with Gasteiger partial charge in [0.15, 0.2) is 0 Å². The number of hydrogen-bond acceptors (Lipinski definition) is 3. The monoisotopic (exact) mass is 435 g/mol. The van der Waals surface area contributed by atoms with Gasteiger partial charge in [-0.2, -0.15) is 0 Å². The number of anilines is 1. The van der Waals surface area contributed by atoms with Crippen molar-refractivity contribution in [2.75, 3.05) is 5.32 Å². The summed E-state index contributed by atoms with van der Waals surface area (Å²) in [6.45, 7) is 0.625. The summed E-state index contributed by atoms with van der Waals surface area (Å²) in [5.74, 6) is -0.350. The number of aromatic carboxylic acids is 1. The van der Waals surface area contributed by atoms with Crippen molar-refractivity contribution < 1.29 is 14.6 Å². The van der Waals surface area contributed by atoms with Crippen molar-refractivity contribution in [1.29, 1.82) is 0 Å². The van der Waals surface area contributed by atoms with Gasteiger partial charge in [0.25, 0.3) is 0 Å². The third-order valence-electron chi connectivity index (χ3n) is 4.09. The number of rotatable bonds is 7. The van der Waals surface area contributed by atoms with Gasteiger partial charge < -0.3 is 15.2 Å². The zero-order chi connectivity index (χ0) is 20.1. The van der Waals surface area contributed by atoms with Gasteiger partial charge in [-0.3, -0.25) is 0 Å². The highest BCUT2D eigenvalue weighted by Gasteiger charge is 2.10. The number of nitrogens with one attached hydrogen (secondary N) is 1. The highest BCUT2D eigenvalue weighted by Crippen LogP contribution is 2.28. The third kappa shape index (κ3) is 4.90. The molecule has 0 bridgehead atoms. The summed E-state index contributed by atoms with van der Waals surface area (Å²) in [6.07, 6.45) is 0. The average molecular weight is 437 g/mol. The second kappa shape index (κ2) is 9.20. The van der Waals surface area contributed by atoms with Gasteiger partial charge in [0.1, 0.15) is 12.4 Å². The minimum Gasteiger partial charge on any atom is -0.488 e. The van der Waals surface area contributed by atoms with E-state index in [1.54, 1.807) is 24.3 Å². The van der Waals surface area contributed by atoms with Gasteiger partial charge in [0.2, 0.25) is 0 Å². The van der Waals surface area contributed by atoms with Crippen molar-refractivity contribution in [2.24, 2.45) is 0 Å². The van der Waals surface area contributed by atoms with E-state index in [-0.39, 0.29) is 12.2 Å². The number of para-hydroxylation sites is 1. The van der Waals surface area contributed by atoms with Crippen LogP contribution in [0.1, 0.15) is 21.5 Å². The van der Waals surface area contributed by atoms with E-state index in [0.717, 1.165) is 5.56 Å². The van der Waals surface area contributed by atoms with Crippen LogP contribution in [-0.2, 0) is 13.2 Å². The standard InChI is InChI=1S/C21H16Cl3NO3/c22-16-5-3-6-17(23)15(16)12-28-20-7-2-1-4-14(20)11-25-19-10-13(21(26)27)8-9-18(19)24/h1-10,25H,11-12H2,(H,26,27). The first-order valence-corrected chi connectivity index (χ1v) is 9.49. The van der Waals surface area contributed by atoms with Crippen molar-refractivity contribution in [1.82, 2.24) is 0 Å². The molecule has 3 aromatic carbocycles. The van der Waals surface area contributed by atoms with Crippen LogP contribution in [0.3, 0.4) is 0 Å². The highest BCUT2D eigenvalue weighted by molar-refractivity contribution is 6.36. The molecule has 0 aliphatic carbocycles. The maximum Gasteiger partial charge on any atom is 0.335 e. The normalized spacial score (nSPS) is 10.5. The molecular weight excluding hydrogens is 421 g/mol. The van der Waals surface area contributed by atoms with E-state index in [1.165, 1.54) is 12.1 Å². The Morgan fingerprint density at radius 1 is 0.929 bits per heavy atom. The number of carboxylic acids is 1. The Kier molecular flexibility index (Phi) is 6.68. The molecule has 0 heterocycles. The van der Waals surface area contributed by atoms with Gasteiger partial charge in [-0.05, 0) is 36.4 Å². The zero-order valence-corrected chi connectivity index (χ0v) is 16.9. The van der Waals surface area contributed by atoms with Crippen LogP contribution >= 0.6 is 34.8 Å². The second-order valence-corrected chi connectivity index (χ2v) is 7.17. The molecule has 2 N–H and O–H groups in total. The van der Waals surface area contributed by atoms with E-state index >= 15 is 0 Å². The first kappa shape index (κ1) is 20.3. The fourth-order valence-corrected chi connectivity index (χ4v) is 3.29. The molecule has 0 spiro atoms. The van der Waals surface area contributed by atoms with Crippen LogP contribution in [0.25, 0.3) is 0 Å². The summed E-state index contributed by atoms with van der Waals surface area (Å²) in [4.78, 5) is 11.2. The minimum atomic E-state index is -1.01. The molecule has 0 fully saturated rings. The van der Waals surface area contributed by atoms with Gasteiger partial charge >= 0.3 is 5.97 Å². The molecule has 0 aromatic heterocycles. The molecule has 0 radical (unpaired) electrons. The molecule has 0 atom stereocenters. The summed E-state index contributed by atoms with van der Waals surface area (Å²) in [5.41, 5.74) is 2.28. The zero-order valence-electron chi connectivity index (χ0n) is 14.6. The van der Waals surface area contributed by atoms with E-state index < -0.39 is 5.97 Å². The Morgan fingerprint density at radius 3 is 2.36 bits per heavy atom. The number of ether oxygens (including phenoxy) is 1. The molecule has 7 heteroatoms. The van der Waals surface area contributed by atoms with Crippen LogP contribution in [0.4, 0.5) is 5.69 Å². The lowest BCUT2D eigenvalue weighted by Crippen LogP contribution is -2.05. The molecule has 4 nitrogen and oxygen atoms in total. The van der Waals surface area contributed by atoms with E-state index in [0.29, 0.717) is 38.6 Å². The second-order valence-electron chi connectivity index (χ2n) is 5.95. The quantitative estimate of drug-likeness (QED) is 0.442. The molecular formula is C21H16Cl3NO3. The van der Waals surface area contributed by atoms with Crippen LogP contribution in [0, 0.1) is 0 Å². The maximum atomic E-state index is 11.2. The van der Waals surface area contributed by atoms with Gasteiger partial charge in [-0.25, -0.2) is 4.79 Å². The Labute approximate surface area is 177 Å². The maximum absolute atomic E-state index is 11.2. The lowest BCUT2D eigenvalue weighted by Gasteiger charge is -2.15. The summed E-state index contributed by atoms with van der Waals surface area (Å²) in [7, 11) is 0. The van der Waals surface area contributed by atoms with Crippen molar-refractivity contribution in [3.8, 4) is 5.75 Å². The van der Waals surface area contributed by atoms with Gasteiger partial charge in [-0.1, -0.05) is 59.1 Å². The third-order valence-corrected chi connectivity index (χ3v) is 5.13. The van der Waals surface area contributed by atoms with Crippen LogP contribution in [0.2, 0.25) is 15.1 Å². The Bertz CT molecular complexity index is 988. The van der Waals surface area contributed by atoms with E-state index in [9.17, 15) is 4.79 Å². The number of hydrogen-bond donors (Lipinski definition) is 2. The predicted molar refractivity (Wildman–Crippen MR) is 113 cm³/mol. The summed E-state index contributed by atoms with van der Waals surface area (Å²) < 4.78 is 5.93. The smallest absolute Gasteiger partial charge is 0.335 e. The predicted octanol–water partition coefficient (Wildman–Crippen LogP) is 6.54. The molecule has 0 aliphatic heterocycles. The Hall–Kier alpha value is -2.40. The molecule has 0 unspecified atom stereocenters. The fourth-order valence-electron chi connectivity index (χ4n) is 2.60. The number of halogens is 3. The molecule has 0 aliphatic rings. The first-order valence-electron chi connectivity index (χ1n) is 8.36. The van der Waals surface area contributed by atoms with Crippen molar-refractivity contribution in [3.63, 3.8) is 0 Å². The first-order chi connectivity index (χ1) is 13.5. The van der Waals surface area contributed by atoms with Gasteiger partial charge in [0.05, 0.1) is 16.3 Å². The number of benzene rings is 3. The minimum absolute atomic E-state index is 0.157. The largest absolute Gasteiger partial charge is 0.488 e. The van der Waals surface area contributed by atoms with Crippen molar-refractivity contribution in [3.05, 3.63) is 92.4 Å². The SMILES string of the molecule is O=C(O)c1ccc(Cl)c(NCc2ccccc2OCc2c(Cl)cccc2Cl)c1. The Morgan fingerprint density at radius 2 is 1.64 bits per heavy atom. The van der Waals surface area contributed by atoms with Gasteiger partial charge in [0, 0.05) is 27.7 Å².